The first-order chi connectivity index (χ1) is 7.16. The minimum Gasteiger partial charge on any atom is -0.360 e. The molecule has 0 aromatic carbocycles. The number of aromatic nitrogens is 4. The van der Waals surface area contributed by atoms with E-state index in [2.05, 4.69) is 25.9 Å². The van der Waals surface area contributed by atoms with Crippen molar-refractivity contribution in [1.29, 1.82) is 0 Å². The number of carbonyl (C=O) groups is 1. The van der Waals surface area contributed by atoms with Gasteiger partial charge in [-0.2, -0.15) is 15.4 Å². The lowest BCUT2D eigenvalue weighted by atomic mass is 10.3. The first-order valence-electron chi connectivity index (χ1n) is 4.29. The lowest BCUT2D eigenvalue weighted by molar-refractivity contribution is 0.102. The maximum Gasteiger partial charge on any atom is 0.279 e. The largest absolute Gasteiger partial charge is 0.360 e. The molecule has 0 fully saturated rings. The maximum absolute atomic E-state index is 11.6. The topological polar surface area (TPSA) is 96.7 Å². The Labute approximate surface area is 84.8 Å². The molecule has 0 saturated heterocycles. The predicted octanol–water partition coefficient (Wildman–Crippen LogP) is 0.662. The fraction of sp³-hybridized carbons (Fsp3) is 0.250. The van der Waals surface area contributed by atoms with Crippen LogP contribution in [-0.4, -0.2) is 26.5 Å². The van der Waals surface area contributed by atoms with Crippen LogP contribution in [0, 0.1) is 13.8 Å². The molecule has 0 aliphatic carbocycles. The predicted molar refractivity (Wildman–Crippen MR) is 50.3 cm³/mol. The van der Waals surface area contributed by atoms with E-state index in [9.17, 15) is 4.79 Å². The Morgan fingerprint density at radius 2 is 2.27 bits per heavy atom. The Balaban J connectivity index is 2.14. The van der Waals surface area contributed by atoms with E-state index < -0.39 is 0 Å². The number of nitrogens with one attached hydrogen (secondary N) is 2. The SMILES string of the molecule is Cc1cc(NC(=O)c2n[nH]nc2C)no1. The van der Waals surface area contributed by atoms with E-state index >= 15 is 0 Å². The van der Waals surface area contributed by atoms with Gasteiger partial charge in [0.1, 0.15) is 5.76 Å². The fourth-order valence-corrected chi connectivity index (χ4v) is 1.10. The quantitative estimate of drug-likeness (QED) is 0.754. The van der Waals surface area contributed by atoms with Crippen molar-refractivity contribution < 1.29 is 9.32 Å². The van der Waals surface area contributed by atoms with E-state index in [0.717, 1.165) is 0 Å². The number of carbonyl (C=O) groups excluding carboxylic acids is 1. The van der Waals surface area contributed by atoms with Crippen LogP contribution < -0.4 is 5.32 Å². The molecule has 7 nitrogen and oxygen atoms in total. The lowest BCUT2D eigenvalue weighted by Gasteiger charge is -1.96. The highest BCUT2D eigenvalue weighted by Gasteiger charge is 2.14. The summed E-state index contributed by atoms with van der Waals surface area (Å²) in [7, 11) is 0. The van der Waals surface area contributed by atoms with Crippen LogP contribution in [0.1, 0.15) is 21.9 Å². The van der Waals surface area contributed by atoms with E-state index in [4.69, 9.17) is 4.52 Å². The molecule has 2 aromatic heterocycles. The molecule has 78 valence electrons. The molecule has 2 N–H and O–H groups in total. The van der Waals surface area contributed by atoms with Crippen LogP contribution in [-0.2, 0) is 0 Å². The molecule has 2 rings (SSSR count). The number of hydrogen-bond donors (Lipinski definition) is 2. The Morgan fingerprint density at radius 3 is 2.80 bits per heavy atom. The number of anilines is 1. The van der Waals surface area contributed by atoms with Gasteiger partial charge in [0.05, 0.1) is 5.69 Å². The molecule has 15 heavy (non-hydrogen) atoms. The summed E-state index contributed by atoms with van der Waals surface area (Å²) in [6.07, 6.45) is 0. The van der Waals surface area contributed by atoms with Crippen molar-refractivity contribution in [1.82, 2.24) is 20.6 Å². The molecule has 0 aliphatic heterocycles. The van der Waals surface area contributed by atoms with Crippen molar-refractivity contribution in [2.45, 2.75) is 13.8 Å². The fourth-order valence-electron chi connectivity index (χ4n) is 1.10. The minimum atomic E-state index is -0.366. The molecule has 0 saturated carbocycles. The summed E-state index contributed by atoms with van der Waals surface area (Å²) in [4.78, 5) is 11.6. The van der Waals surface area contributed by atoms with Gasteiger partial charge >= 0.3 is 0 Å². The number of nitrogens with zero attached hydrogens (tertiary/aromatic N) is 3. The zero-order chi connectivity index (χ0) is 10.8. The molecule has 0 spiro atoms. The molecule has 7 heteroatoms. The van der Waals surface area contributed by atoms with Crippen LogP contribution in [0.4, 0.5) is 5.82 Å². The summed E-state index contributed by atoms with van der Waals surface area (Å²) in [6, 6.07) is 1.62. The van der Waals surface area contributed by atoms with Gasteiger partial charge in [-0.05, 0) is 13.8 Å². The maximum atomic E-state index is 11.6. The summed E-state index contributed by atoms with van der Waals surface area (Å²) in [6.45, 7) is 3.43. The van der Waals surface area contributed by atoms with Crippen molar-refractivity contribution in [2.75, 3.05) is 5.32 Å². The van der Waals surface area contributed by atoms with Gasteiger partial charge in [-0.1, -0.05) is 5.16 Å². The minimum absolute atomic E-state index is 0.246. The number of amides is 1. The zero-order valence-corrected chi connectivity index (χ0v) is 8.24. The number of rotatable bonds is 2. The van der Waals surface area contributed by atoms with Crippen LogP contribution in [0.3, 0.4) is 0 Å². The molecular weight excluding hydrogens is 198 g/mol. The highest BCUT2D eigenvalue weighted by atomic mass is 16.5. The average Bonchev–Trinajstić information content (AvgIpc) is 2.75. The van der Waals surface area contributed by atoms with Gasteiger partial charge in [0.2, 0.25) is 0 Å². The molecule has 0 aliphatic rings. The normalized spacial score (nSPS) is 10.3. The number of H-pyrrole nitrogens is 1. The van der Waals surface area contributed by atoms with Crippen LogP contribution in [0.5, 0.6) is 0 Å². The molecule has 2 aromatic rings. The molecule has 0 radical (unpaired) electrons. The van der Waals surface area contributed by atoms with Gasteiger partial charge in [-0.25, -0.2) is 0 Å². The van der Waals surface area contributed by atoms with E-state index in [0.29, 0.717) is 17.3 Å². The van der Waals surface area contributed by atoms with E-state index in [-0.39, 0.29) is 11.6 Å². The summed E-state index contributed by atoms with van der Waals surface area (Å²) in [5.74, 6) is 0.622. The van der Waals surface area contributed by atoms with Gasteiger partial charge in [0.25, 0.3) is 5.91 Å². The summed E-state index contributed by atoms with van der Waals surface area (Å²) in [5.41, 5.74) is 0.781. The van der Waals surface area contributed by atoms with Crippen molar-refractivity contribution in [3.05, 3.63) is 23.2 Å². The molecule has 2 heterocycles. The third-order valence-electron chi connectivity index (χ3n) is 1.81. The summed E-state index contributed by atoms with van der Waals surface area (Å²) < 4.78 is 4.80. The average molecular weight is 207 g/mol. The Morgan fingerprint density at radius 1 is 1.47 bits per heavy atom. The summed E-state index contributed by atoms with van der Waals surface area (Å²) >= 11 is 0. The highest BCUT2D eigenvalue weighted by molar-refractivity contribution is 6.02. The molecule has 0 bridgehead atoms. The Kier molecular flexibility index (Phi) is 2.20. The molecule has 1 amide bonds. The van der Waals surface area contributed by atoms with Crippen LogP contribution in [0.2, 0.25) is 0 Å². The number of aryl methyl sites for hydroxylation is 2. The van der Waals surface area contributed by atoms with Crippen molar-refractivity contribution in [3.8, 4) is 0 Å². The van der Waals surface area contributed by atoms with Crippen LogP contribution >= 0.6 is 0 Å². The standard InChI is InChI=1S/C8H9N5O2/c1-4-3-6(12-15-4)9-8(14)7-5(2)10-13-11-7/h3H,1-2H3,(H,9,12,14)(H,10,11,13). The first-order valence-corrected chi connectivity index (χ1v) is 4.29. The molecule has 0 atom stereocenters. The second-order valence-corrected chi connectivity index (χ2v) is 3.03. The second-order valence-electron chi connectivity index (χ2n) is 3.03. The Hall–Kier alpha value is -2.18. The van der Waals surface area contributed by atoms with Gasteiger partial charge < -0.3 is 9.84 Å². The van der Waals surface area contributed by atoms with Crippen LogP contribution in [0.25, 0.3) is 0 Å². The van der Waals surface area contributed by atoms with Gasteiger partial charge in [0.15, 0.2) is 11.5 Å². The highest BCUT2D eigenvalue weighted by Crippen LogP contribution is 2.09. The van der Waals surface area contributed by atoms with Gasteiger partial charge in [-0.3, -0.25) is 4.79 Å². The molecule has 0 unspecified atom stereocenters. The smallest absolute Gasteiger partial charge is 0.279 e. The van der Waals surface area contributed by atoms with Crippen molar-refractivity contribution >= 4 is 11.7 Å². The third kappa shape index (κ3) is 1.85. The monoisotopic (exact) mass is 207 g/mol. The second kappa shape index (κ2) is 3.52. The van der Waals surface area contributed by atoms with Gasteiger partial charge in [-0.15, -0.1) is 0 Å². The number of hydrogen-bond acceptors (Lipinski definition) is 5. The van der Waals surface area contributed by atoms with Crippen molar-refractivity contribution in [2.24, 2.45) is 0 Å². The van der Waals surface area contributed by atoms with Crippen LogP contribution in [0.15, 0.2) is 10.6 Å². The van der Waals surface area contributed by atoms with Crippen molar-refractivity contribution in [3.63, 3.8) is 0 Å². The molecular formula is C8H9N5O2. The van der Waals surface area contributed by atoms with Gasteiger partial charge in [0, 0.05) is 6.07 Å². The number of aromatic amines is 1. The van der Waals surface area contributed by atoms with E-state index in [1.807, 2.05) is 0 Å². The Bertz CT molecular complexity index is 487. The lowest BCUT2D eigenvalue weighted by Crippen LogP contribution is -2.13. The first kappa shape index (κ1) is 9.38. The third-order valence-corrected chi connectivity index (χ3v) is 1.81. The van der Waals surface area contributed by atoms with E-state index in [1.165, 1.54) is 0 Å². The summed E-state index contributed by atoms with van der Waals surface area (Å²) in [5, 5.41) is 16.0. The van der Waals surface area contributed by atoms with E-state index in [1.54, 1.807) is 19.9 Å². The zero-order valence-electron chi connectivity index (χ0n) is 8.24.